The van der Waals surface area contributed by atoms with Gasteiger partial charge in [0.15, 0.2) is 0 Å². The van der Waals surface area contributed by atoms with Gasteiger partial charge in [0.2, 0.25) is 17.7 Å². The molecule has 2 aromatic heterocycles. The van der Waals surface area contributed by atoms with Crippen LogP contribution in [0.1, 0.15) is 29.8 Å². The largest absolute Gasteiger partial charge is 0.441 e. The first-order chi connectivity index (χ1) is 14.0. The van der Waals surface area contributed by atoms with Crippen molar-refractivity contribution in [2.24, 2.45) is 0 Å². The normalized spacial score (nSPS) is 14.4. The highest BCUT2D eigenvalue weighted by Crippen LogP contribution is 2.25. The van der Waals surface area contributed by atoms with Gasteiger partial charge in [-0.3, -0.25) is 4.79 Å². The van der Waals surface area contributed by atoms with E-state index in [0.29, 0.717) is 61.9 Å². The second kappa shape index (κ2) is 8.06. The van der Waals surface area contributed by atoms with E-state index in [1.54, 1.807) is 0 Å². The number of rotatable bonds is 5. The Bertz CT molecular complexity index is 1000. The fraction of sp³-hybridized carbons (Fsp3) is 0.429. The summed E-state index contributed by atoms with van der Waals surface area (Å²) in [6.07, 6.45) is 0.953. The molecule has 3 heterocycles. The van der Waals surface area contributed by atoms with Crippen molar-refractivity contribution in [2.45, 2.75) is 33.6 Å². The molecule has 29 heavy (non-hydrogen) atoms. The standard InChI is InChI=1S/C21H25N5O3/c1-4-18-23-24-21(29-18)26-11-9-25(10-12-26)19(27)13-17-15(3)28-20(22-17)16-8-6-5-7-14(16)2/h5-8H,4,9-13H2,1-3H3. The molecule has 0 spiro atoms. The Kier molecular flexibility index (Phi) is 5.33. The highest BCUT2D eigenvalue weighted by atomic mass is 16.4. The lowest BCUT2D eigenvalue weighted by Gasteiger charge is -2.33. The Morgan fingerprint density at radius 3 is 2.52 bits per heavy atom. The van der Waals surface area contributed by atoms with E-state index in [-0.39, 0.29) is 12.3 Å². The van der Waals surface area contributed by atoms with E-state index in [0.717, 1.165) is 11.1 Å². The molecule has 1 aromatic carbocycles. The van der Waals surface area contributed by atoms with Crippen LogP contribution in [0.3, 0.4) is 0 Å². The fourth-order valence-electron chi connectivity index (χ4n) is 3.44. The number of carbonyl (C=O) groups excluding carboxylic acids is 1. The van der Waals surface area contributed by atoms with Crippen molar-refractivity contribution in [3.05, 3.63) is 47.2 Å². The number of anilines is 1. The van der Waals surface area contributed by atoms with Crippen LogP contribution in [0.4, 0.5) is 6.01 Å². The Morgan fingerprint density at radius 2 is 1.83 bits per heavy atom. The lowest BCUT2D eigenvalue weighted by Crippen LogP contribution is -2.49. The third-order valence-corrected chi connectivity index (χ3v) is 5.25. The molecule has 0 bridgehead atoms. The van der Waals surface area contributed by atoms with Gasteiger partial charge in [0.1, 0.15) is 5.76 Å². The molecule has 0 atom stereocenters. The van der Waals surface area contributed by atoms with E-state index < -0.39 is 0 Å². The Morgan fingerprint density at radius 1 is 1.07 bits per heavy atom. The summed E-state index contributed by atoms with van der Waals surface area (Å²) in [5.41, 5.74) is 2.74. The summed E-state index contributed by atoms with van der Waals surface area (Å²) in [6.45, 7) is 8.42. The zero-order valence-electron chi connectivity index (χ0n) is 17.0. The summed E-state index contributed by atoms with van der Waals surface area (Å²) in [5, 5.41) is 8.09. The van der Waals surface area contributed by atoms with Crippen LogP contribution in [0.5, 0.6) is 0 Å². The van der Waals surface area contributed by atoms with Gasteiger partial charge in [-0.1, -0.05) is 30.2 Å². The predicted molar refractivity (Wildman–Crippen MR) is 108 cm³/mol. The highest BCUT2D eigenvalue weighted by Gasteiger charge is 2.25. The number of amides is 1. The number of oxazole rings is 1. The van der Waals surface area contributed by atoms with E-state index in [1.807, 2.05) is 54.8 Å². The number of carbonyl (C=O) groups is 1. The molecular weight excluding hydrogens is 370 g/mol. The molecule has 3 aromatic rings. The lowest BCUT2D eigenvalue weighted by molar-refractivity contribution is -0.130. The molecule has 0 unspecified atom stereocenters. The van der Waals surface area contributed by atoms with Crippen LogP contribution in [-0.4, -0.2) is 52.2 Å². The van der Waals surface area contributed by atoms with Gasteiger partial charge in [0.05, 0.1) is 12.1 Å². The Hall–Kier alpha value is -3.16. The second-order valence-corrected chi connectivity index (χ2v) is 7.21. The average molecular weight is 395 g/mol. The van der Waals surface area contributed by atoms with E-state index in [1.165, 1.54) is 0 Å². The molecule has 1 aliphatic rings. The van der Waals surface area contributed by atoms with Crippen LogP contribution in [0.15, 0.2) is 33.1 Å². The molecule has 1 amide bonds. The molecule has 4 rings (SSSR count). The van der Waals surface area contributed by atoms with Crippen LogP contribution < -0.4 is 4.90 Å². The lowest BCUT2D eigenvalue weighted by atomic mass is 10.1. The van der Waals surface area contributed by atoms with Gasteiger partial charge in [-0.2, -0.15) is 0 Å². The third-order valence-electron chi connectivity index (χ3n) is 5.25. The molecule has 0 N–H and O–H groups in total. The molecule has 8 heteroatoms. The van der Waals surface area contributed by atoms with Crippen LogP contribution in [0.2, 0.25) is 0 Å². The SMILES string of the molecule is CCc1nnc(N2CCN(C(=O)Cc3nc(-c4ccccc4C)oc3C)CC2)o1. The van der Waals surface area contributed by atoms with Gasteiger partial charge in [-0.15, -0.1) is 5.10 Å². The molecule has 8 nitrogen and oxygen atoms in total. The smallest absolute Gasteiger partial charge is 0.318 e. The van der Waals surface area contributed by atoms with Crippen LogP contribution in [0, 0.1) is 13.8 Å². The third kappa shape index (κ3) is 4.01. The molecule has 1 saturated heterocycles. The van der Waals surface area contributed by atoms with Crippen molar-refractivity contribution in [3.8, 4) is 11.5 Å². The summed E-state index contributed by atoms with van der Waals surface area (Å²) in [6, 6.07) is 8.47. The van der Waals surface area contributed by atoms with Crippen molar-refractivity contribution in [3.63, 3.8) is 0 Å². The molecule has 1 fully saturated rings. The Labute approximate surface area is 169 Å². The zero-order chi connectivity index (χ0) is 20.4. The van der Waals surface area contributed by atoms with E-state index in [2.05, 4.69) is 15.2 Å². The minimum atomic E-state index is 0.0529. The quantitative estimate of drug-likeness (QED) is 0.656. The summed E-state index contributed by atoms with van der Waals surface area (Å²) < 4.78 is 11.5. The fourth-order valence-corrected chi connectivity index (χ4v) is 3.44. The molecule has 152 valence electrons. The number of nitrogens with zero attached hydrogens (tertiary/aromatic N) is 5. The maximum Gasteiger partial charge on any atom is 0.318 e. The number of hydrogen-bond acceptors (Lipinski definition) is 7. The Balaban J connectivity index is 1.38. The first kappa shape index (κ1) is 19.2. The van der Waals surface area contributed by atoms with Gasteiger partial charge < -0.3 is 18.6 Å². The van der Waals surface area contributed by atoms with Crippen LogP contribution in [0.25, 0.3) is 11.5 Å². The predicted octanol–water partition coefficient (Wildman–Crippen LogP) is 2.80. The summed E-state index contributed by atoms with van der Waals surface area (Å²) in [5.74, 6) is 1.94. The van der Waals surface area contributed by atoms with Crippen LogP contribution in [-0.2, 0) is 17.6 Å². The maximum atomic E-state index is 12.8. The van der Waals surface area contributed by atoms with Gasteiger partial charge in [0.25, 0.3) is 0 Å². The monoisotopic (exact) mass is 395 g/mol. The van der Waals surface area contributed by atoms with Crippen molar-refractivity contribution in [1.29, 1.82) is 0 Å². The van der Waals surface area contributed by atoms with E-state index in [9.17, 15) is 4.79 Å². The molecule has 0 radical (unpaired) electrons. The maximum absolute atomic E-state index is 12.8. The van der Waals surface area contributed by atoms with Crippen molar-refractivity contribution < 1.29 is 13.6 Å². The van der Waals surface area contributed by atoms with Crippen molar-refractivity contribution in [2.75, 3.05) is 31.1 Å². The zero-order valence-corrected chi connectivity index (χ0v) is 17.0. The molecule has 0 saturated carbocycles. The molecule has 0 aliphatic carbocycles. The summed E-state index contributed by atoms with van der Waals surface area (Å²) in [4.78, 5) is 21.3. The van der Waals surface area contributed by atoms with Crippen molar-refractivity contribution in [1.82, 2.24) is 20.1 Å². The number of benzene rings is 1. The minimum Gasteiger partial charge on any atom is -0.441 e. The van der Waals surface area contributed by atoms with Gasteiger partial charge in [0, 0.05) is 38.2 Å². The average Bonchev–Trinajstić information content (AvgIpc) is 3.35. The van der Waals surface area contributed by atoms with Gasteiger partial charge in [-0.05, 0) is 25.5 Å². The van der Waals surface area contributed by atoms with E-state index in [4.69, 9.17) is 8.83 Å². The first-order valence-corrected chi connectivity index (χ1v) is 9.92. The van der Waals surface area contributed by atoms with Gasteiger partial charge >= 0.3 is 6.01 Å². The summed E-state index contributed by atoms with van der Waals surface area (Å²) >= 11 is 0. The van der Waals surface area contributed by atoms with E-state index >= 15 is 0 Å². The number of piperazine rings is 1. The van der Waals surface area contributed by atoms with Crippen LogP contribution >= 0.6 is 0 Å². The molecule has 1 aliphatic heterocycles. The topological polar surface area (TPSA) is 88.5 Å². The number of hydrogen-bond donors (Lipinski definition) is 0. The highest BCUT2D eigenvalue weighted by molar-refractivity contribution is 5.79. The second-order valence-electron chi connectivity index (χ2n) is 7.21. The van der Waals surface area contributed by atoms with Crippen molar-refractivity contribution >= 4 is 11.9 Å². The first-order valence-electron chi connectivity index (χ1n) is 9.92. The minimum absolute atomic E-state index is 0.0529. The number of aromatic nitrogens is 3. The summed E-state index contributed by atoms with van der Waals surface area (Å²) in [7, 11) is 0. The molecular formula is C21H25N5O3. The van der Waals surface area contributed by atoms with Gasteiger partial charge in [-0.25, -0.2) is 4.98 Å². The number of aryl methyl sites for hydroxylation is 3.